The van der Waals surface area contributed by atoms with Crippen LogP contribution in [0, 0.1) is 0 Å². The van der Waals surface area contributed by atoms with Gasteiger partial charge in [0.2, 0.25) is 0 Å². The van der Waals surface area contributed by atoms with Crippen molar-refractivity contribution in [2.75, 3.05) is 5.88 Å². The molecule has 1 aliphatic rings. The molecule has 0 bridgehead atoms. The molecule has 1 fully saturated rings. The number of nitrogens with zero attached hydrogens (tertiary/aromatic N) is 2. The molecule has 0 atom stereocenters. The van der Waals surface area contributed by atoms with Crippen molar-refractivity contribution in [3.05, 3.63) is 11.9 Å². The van der Waals surface area contributed by atoms with E-state index in [4.69, 9.17) is 11.6 Å². The monoisotopic (exact) mass is 228 g/mol. The van der Waals surface area contributed by atoms with Gasteiger partial charge < -0.3 is 5.32 Å². The Labute approximate surface area is 92.6 Å². The molecular formula is C9H13ClN4O. The molecule has 0 aromatic carbocycles. The summed E-state index contributed by atoms with van der Waals surface area (Å²) in [5.74, 6) is 0.252. The van der Waals surface area contributed by atoms with Gasteiger partial charge >= 0.3 is 0 Å². The Morgan fingerprint density at radius 2 is 2.33 bits per heavy atom. The lowest BCUT2D eigenvalue weighted by Gasteiger charge is -2.27. The van der Waals surface area contributed by atoms with Crippen LogP contribution in [0.15, 0.2) is 6.20 Å². The zero-order valence-corrected chi connectivity index (χ0v) is 9.05. The van der Waals surface area contributed by atoms with Gasteiger partial charge in [0.15, 0.2) is 5.69 Å². The number of carbonyl (C=O) groups is 1. The fourth-order valence-electron chi connectivity index (χ4n) is 1.96. The Hall–Kier alpha value is -1.10. The van der Waals surface area contributed by atoms with E-state index in [9.17, 15) is 4.79 Å². The van der Waals surface area contributed by atoms with Crippen LogP contribution >= 0.6 is 11.6 Å². The second kappa shape index (κ2) is 4.18. The van der Waals surface area contributed by atoms with Crippen molar-refractivity contribution in [1.82, 2.24) is 20.7 Å². The van der Waals surface area contributed by atoms with Gasteiger partial charge in [-0.25, -0.2) is 0 Å². The van der Waals surface area contributed by atoms with Crippen LogP contribution in [0.2, 0.25) is 0 Å². The summed E-state index contributed by atoms with van der Waals surface area (Å²) < 4.78 is 0. The number of aromatic nitrogens is 3. The second-order valence-electron chi connectivity index (χ2n) is 3.93. The zero-order valence-electron chi connectivity index (χ0n) is 8.29. The summed E-state index contributed by atoms with van der Waals surface area (Å²) in [5.41, 5.74) is 0.0730. The quantitative estimate of drug-likeness (QED) is 0.761. The first-order valence-electron chi connectivity index (χ1n) is 5.00. The molecule has 1 amide bonds. The molecule has 2 rings (SSSR count). The van der Waals surface area contributed by atoms with Crippen LogP contribution < -0.4 is 5.32 Å². The first kappa shape index (κ1) is 10.4. The van der Waals surface area contributed by atoms with Crippen molar-refractivity contribution < 1.29 is 4.79 Å². The molecule has 0 aliphatic heterocycles. The summed E-state index contributed by atoms with van der Waals surface area (Å²) >= 11 is 5.91. The molecule has 1 aromatic heterocycles. The third-order valence-electron chi connectivity index (χ3n) is 2.84. The molecule has 0 spiro atoms. The number of hydrogen-bond acceptors (Lipinski definition) is 3. The largest absolute Gasteiger partial charge is 0.344 e. The van der Waals surface area contributed by atoms with Gasteiger partial charge in [-0.1, -0.05) is 12.8 Å². The van der Waals surface area contributed by atoms with Crippen molar-refractivity contribution in [3.8, 4) is 0 Å². The van der Waals surface area contributed by atoms with Crippen molar-refractivity contribution in [2.45, 2.75) is 31.2 Å². The highest BCUT2D eigenvalue weighted by molar-refractivity contribution is 6.19. The standard InChI is InChI=1S/C9H13ClN4O/c10-6-9(3-1-2-4-9)12-8(15)7-5-11-14-13-7/h5H,1-4,6H2,(H,12,15)(H,11,13,14). The summed E-state index contributed by atoms with van der Waals surface area (Å²) in [5, 5.41) is 12.7. The van der Waals surface area contributed by atoms with Crippen molar-refractivity contribution in [1.29, 1.82) is 0 Å². The Balaban J connectivity index is 2.04. The first-order valence-corrected chi connectivity index (χ1v) is 5.53. The third kappa shape index (κ3) is 2.12. The van der Waals surface area contributed by atoms with E-state index in [1.54, 1.807) is 0 Å². The predicted octanol–water partition coefficient (Wildman–Crippen LogP) is 1.09. The Kier molecular flexibility index (Phi) is 2.90. The van der Waals surface area contributed by atoms with E-state index in [0.717, 1.165) is 25.7 Å². The molecule has 0 radical (unpaired) electrons. The van der Waals surface area contributed by atoms with E-state index in [1.807, 2.05) is 0 Å². The van der Waals surface area contributed by atoms with Gasteiger partial charge in [0.25, 0.3) is 5.91 Å². The van der Waals surface area contributed by atoms with Gasteiger partial charge in [-0.2, -0.15) is 15.4 Å². The van der Waals surface area contributed by atoms with Crippen molar-refractivity contribution in [2.24, 2.45) is 0 Å². The maximum atomic E-state index is 11.7. The molecule has 0 unspecified atom stereocenters. The van der Waals surface area contributed by atoms with Gasteiger partial charge in [-0.3, -0.25) is 4.79 Å². The number of carbonyl (C=O) groups excluding carboxylic acids is 1. The molecule has 0 saturated heterocycles. The van der Waals surface area contributed by atoms with Gasteiger partial charge in [0, 0.05) is 5.88 Å². The van der Waals surface area contributed by atoms with E-state index in [1.165, 1.54) is 6.20 Å². The van der Waals surface area contributed by atoms with Crippen LogP contribution in [0.3, 0.4) is 0 Å². The topological polar surface area (TPSA) is 70.7 Å². The van der Waals surface area contributed by atoms with Gasteiger partial charge in [0.1, 0.15) is 0 Å². The van der Waals surface area contributed by atoms with Crippen molar-refractivity contribution in [3.63, 3.8) is 0 Å². The maximum absolute atomic E-state index is 11.7. The molecule has 1 heterocycles. The number of nitrogens with one attached hydrogen (secondary N) is 2. The molecular weight excluding hydrogens is 216 g/mol. The average molecular weight is 229 g/mol. The molecule has 82 valence electrons. The van der Waals surface area contributed by atoms with E-state index < -0.39 is 0 Å². The summed E-state index contributed by atoms with van der Waals surface area (Å²) in [6, 6.07) is 0. The molecule has 1 aliphatic carbocycles. The van der Waals surface area contributed by atoms with Gasteiger partial charge in [-0.05, 0) is 12.8 Å². The normalized spacial score (nSPS) is 19.0. The summed E-state index contributed by atoms with van der Waals surface area (Å²) in [4.78, 5) is 11.7. The number of halogens is 1. The molecule has 6 heteroatoms. The highest BCUT2D eigenvalue weighted by Crippen LogP contribution is 2.30. The summed E-state index contributed by atoms with van der Waals surface area (Å²) in [6.45, 7) is 0. The van der Waals surface area contributed by atoms with Crippen molar-refractivity contribution >= 4 is 17.5 Å². The highest BCUT2D eigenvalue weighted by Gasteiger charge is 2.35. The van der Waals surface area contributed by atoms with Gasteiger partial charge in [0.05, 0.1) is 11.7 Å². The van der Waals surface area contributed by atoms with Crippen LogP contribution in [0.5, 0.6) is 0 Å². The van der Waals surface area contributed by atoms with Crippen LogP contribution in [0.1, 0.15) is 36.2 Å². The fraction of sp³-hybridized carbons (Fsp3) is 0.667. The fourth-order valence-corrected chi connectivity index (χ4v) is 2.29. The second-order valence-corrected chi connectivity index (χ2v) is 4.20. The number of hydrogen-bond donors (Lipinski definition) is 2. The number of amides is 1. The number of H-pyrrole nitrogens is 1. The molecule has 2 N–H and O–H groups in total. The minimum atomic E-state index is -0.239. The lowest BCUT2D eigenvalue weighted by Crippen LogP contribution is -2.48. The van der Waals surface area contributed by atoms with Crippen LogP contribution in [0.25, 0.3) is 0 Å². The van der Waals surface area contributed by atoms with E-state index in [-0.39, 0.29) is 11.4 Å². The minimum absolute atomic E-state index is 0.202. The SMILES string of the molecule is O=C(NC1(CCl)CCCC1)c1cn[nH]n1. The molecule has 1 aromatic rings. The van der Waals surface area contributed by atoms with Crippen LogP contribution in [0.4, 0.5) is 0 Å². The number of rotatable bonds is 3. The Morgan fingerprint density at radius 3 is 2.87 bits per heavy atom. The summed E-state index contributed by atoms with van der Waals surface area (Å²) in [6.07, 6.45) is 5.53. The Bertz CT molecular complexity index is 332. The van der Waals surface area contributed by atoms with E-state index in [0.29, 0.717) is 11.6 Å². The third-order valence-corrected chi connectivity index (χ3v) is 3.35. The van der Waals surface area contributed by atoms with Crippen LogP contribution in [-0.2, 0) is 0 Å². The van der Waals surface area contributed by atoms with Gasteiger partial charge in [-0.15, -0.1) is 11.6 Å². The van der Waals surface area contributed by atoms with Crippen LogP contribution in [-0.4, -0.2) is 32.7 Å². The first-order chi connectivity index (χ1) is 7.26. The lowest BCUT2D eigenvalue weighted by atomic mass is 10.0. The van der Waals surface area contributed by atoms with E-state index >= 15 is 0 Å². The molecule has 15 heavy (non-hydrogen) atoms. The smallest absolute Gasteiger partial charge is 0.273 e. The zero-order chi connectivity index (χ0) is 10.7. The molecule has 1 saturated carbocycles. The minimum Gasteiger partial charge on any atom is -0.344 e. The predicted molar refractivity (Wildman–Crippen MR) is 55.8 cm³/mol. The molecule has 5 nitrogen and oxygen atoms in total. The highest BCUT2D eigenvalue weighted by atomic mass is 35.5. The Morgan fingerprint density at radius 1 is 1.60 bits per heavy atom. The number of alkyl halides is 1. The maximum Gasteiger partial charge on any atom is 0.273 e. The van der Waals surface area contributed by atoms with E-state index in [2.05, 4.69) is 20.7 Å². The number of aromatic amines is 1. The lowest BCUT2D eigenvalue weighted by molar-refractivity contribution is 0.0904. The summed E-state index contributed by atoms with van der Waals surface area (Å²) in [7, 11) is 0. The average Bonchev–Trinajstić information content (AvgIpc) is 2.88.